The van der Waals surface area contributed by atoms with E-state index in [1.165, 1.54) is 4.40 Å². The minimum Gasteiger partial charge on any atom is -0.493 e. The molecule has 66 valence electrons. The van der Waals surface area contributed by atoms with E-state index < -0.39 is 0 Å². The van der Waals surface area contributed by atoms with Crippen LogP contribution in [-0.2, 0) is 0 Å². The summed E-state index contributed by atoms with van der Waals surface area (Å²) in [4.78, 5) is 15.1. The van der Waals surface area contributed by atoms with Gasteiger partial charge in [0, 0.05) is 6.20 Å². The Hall–Kier alpha value is -1.36. The molecule has 13 heavy (non-hydrogen) atoms. The first-order chi connectivity index (χ1) is 6.18. The molecule has 2 heterocycles. The third-order valence-corrected chi connectivity index (χ3v) is 2.25. The molecule has 1 N–H and O–H groups in total. The van der Waals surface area contributed by atoms with Gasteiger partial charge in [-0.05, 0) is 28.1 Å². The Morgan fingerprint density at radius 1 is 1.54 bits per heavy atom. The van der Waals surface area contributed by atoms with Gasteiger partial charge in [-0.2, -0.15) is 4.98 Å². The Morgan fingerprint density at radius 3 is 3.08 bits per heavy atom. The highest BCUT2D eigenvalue weighted by Gasteiger charge is 2.02. The zero-order chi connectivity index (χ0) is 9.42. The van der Waals surface area contributed by atoms with E-state index >= 15 is 0 Å². The first kappa shape index (κ1) is 8.25. The van der Waals surface area contributed by atoms with E-state index in [0.717, 1.165) is 6.07 Å². The van der Waals surface area contributed by atoms with Crippen LogP contribution in [0.4, 0.5) is 0 Å². The molecule has 0 bridgehead atoms. The second-order valence-electron chi connectivity index (χ2n) is 2.50. The average Bonchev–Trinajstić information content (AvgIpc) is 2.07. The fourth-order valence-electron chi connectivity index (χ4n) is 1.08. The fourth-order valence-corrected chi connectivity index (χ4v) is 1.51. The van der Waals surface area contributed by atoms with E-state index in [2.05, 4.69) is 20.9 Å². The number of rotatable bonds is 0. The Kier molecular flexibility index (Phi) is 1.81. The zero-order valence-corrected chi connectivity index (χ0v) is 8.02. The summed E-state index contributed by atoms with van der Waals surface area (Å²) in [6, 6.07) is 4.54. The van der Waals surface area contributed by atoms with E-state index in [4.69, 9.17) is 5.11 Å². The summed E-state index contributed by atoms with van der Waals surface area (Å²) in [6.07, 6.45) is 1.59. The summed E-state index contributed by atoms with van der Waals surface area (Å²) in [5.41, 5.74) is 0.108. The van der Waals surface area contributed by atoms with E-state index in [1.807, 2.05) is 0 Å². The SMILES string of the molecule is O=c1cc(O)nc2c(Br)cccn12. The van der Waals surface area contributed by atoms with Crippen molar-refractivity contribution < 1.29 is 5.11 Å². The molecule has 0 spiro atoms. The highest BCUT2D eigenvalue weighted by molar-refractivity contribution is 9.10. The third-order valence-electron chi connectivity index (χ3n) is 1.63. The fraction of sp³-hybridized carbons (Fsp3) is 0. The molecule has 0 radical (unpaired) electrons. The molecule has 0 unspecified atom stereocenters. The van der Waals surface area contributed by atoms with E-state index in [0.29, 0.717) is 10.1 Å². The predicted octanol–water partition coefficient (Wildman–Crippen LogP) is 1.16. The molecule has 0 fully saturated rings. The molecule has 0 atom stereocenters. The van der Waals surface area contributed by atoms with Gasteiger partial charge in [0.1, 0.15) is 0 Å². The minimum absolute atomic E-state index is 0.267. The number of nitrogens with zero attached hydrogens (tertiary/aromatic N) is 2. The van der Waals surface area contributed by atoms with Crippen LogP contribution in [0.5, 0.6) is 5.88 Å². The Balaban J connectivity index is 3.03. The van der Waals surface area contributed by atoms with E-state index in [1.54, 1.807) is 18.3 Å². The van der Waals surface area contributed by atoms with Gasteiger partial charge in [0.2, 0.25) is 5.88 Å². The van der Waals surface area contributed by atoms with Crippen molar-refractivity contribution >= 4 is 21.6 Å². The quantitative estimate of drug-likeness (QED) is 0.752. The number of aromatic nitrogens is 2. The molecule has 0 saturated heterocycles. The van der Waals surface area contributed by atoms with Crippen LogP contribution in [0.3, 0.4) is 0 Å². The van der Waals surface area contributed by atoms with Gasteiger partial charge >= 0.3 is 0 Å². The summed E-state index contributed by atoms with van der Waals surface area (Å²) in [5, 5.41) is 9.09. The molecule has 2 rings (SSSR count). The predicted molar refractivity (Wildman–Crippen MR) is 50.8 cm³/mol. The summed E-state index contributed by atoms with van der Waals surface area (Å²) in [5.74, 6) is -0.267. The monoisotopic (exact) mass is 240 g/mol. The maximum absolute atomic E-state index is 11.3. The molecular weight excluding hydrogens is 236 g/mol. The van der Waals surface area contributed by atoms with Crippen LogP contribution < -0.4 is 5.56 Å². The van der Waals surface area contributed by atoms with Gasteiger partial charge in [0.25, 0.3) is 5.56 Å². The van der Waals surface area contributed by atoms with Crippen LogP contribution >= 0.6 is 15.9 Å². The van der Waals surface area contributed by atoms with Crippen molar-refractivity contribution in [2.75, 3.05) is 0 Å². The standard InChI is InChI=1S/C8H5BrN2O2/c9-5-2-1-3-11-7(13)4-6(12)10-8(5)11/h1-4,12H. The molecule has 5 heteroatoms. The normalized spacial score (nSPS) is 10.5. The molecule has 4 nitrogen and oxygen atoms in total. The number of aromatic hydroxyl groups is 1. The molecule has 0 amide bonds. The lowest BCUT2D eigenvalue weighted by atomic mass is 10.4. The van der Waals surface area contributed by atoms with Crippen LogP contribution in [0, 0.1) is 0 Å². The maximum Gasteiger partial charge on any atom is 0.261 e. The molecule has 2 aromatic rings. The Bertz CT molecular complexity index is 521. The minimum atomic E-state index is -0.302. The molecule has 0 aliphatic heterocycles. The summed E-state index contributed by atoms with van der Waals surface area (Å²) >= 11 is 3.23. The number of pyridine rings is 1. The smallest absolute Gasteiger partial charge is 0.261 e. The molecule has 0 aliphatic rings. The van der Waals surface area contributed by atoms with Crippen molar-refractivity contribution in [1.29, 1.82) is 0 Å². The largest absolute Gasteiger partial charge is 0.493 e. The summed E-state index contributed by atoms with van der Waals surface area (Å²) < 4.78 is 2.02. The highest BCUT2D eigenvalue weighted by Crippen LogP contribution is 2.15. The third kappa shape index (κ3) is 1.31. The topological polar surface area (TPSA) is 54.6 Å². The number of hydrogen-bond acceptors (Lipinski definition) is 3. The summed E-state index contributed by atoms with van der Waals surface area (Å²) in [6.45, 7) is 0. The second kappa shape index (κ2) is 2.85. The molecule has 0 aliphatic carbocycles. The molecule has 0 saturated carbocycles. The molecule has 2 aromatic heterocycles. The van der Waals surface area contributed by atoms with E-state index in [-0.39, 0.29) is 11.4 Å². The summed E-state index contributed by atoms with van der Waals surface area (Å²) in [7, 11) is 0. The number of fused-ring (bicyclic) bond motifs is 1. The first-order valence-corrected chi connectivity index (χ1v) is 4.35. The molecule has 0 aromatic carbocycles. The van der Waals surface area contributed by atoms with Crippen molar-refractivity contribution in [3.8, 4) is 5.88 Å². The van der Waals surface area contributed by atoms with Gasteiger partial charge in [0.15, 0.2) is 5.65 Å². The highest BCUT2D eigenvalue weighted by atomic mass is 79.9. The zero-order valence-electron chi connectivity index (χ0n) is 6.44. The van der Waals surface area contributed by atoms with E-state index in [9.17, 15) is 4.79 Å². The van der Waals surface area contributed by atoms with Crippen LogP contribution in [0.2, 0.25) is 0 Å². The molecular formula is C8H5BrN2O2. The van der Waals surface area contributed by atoms with Crippen LogP contribution in [0.25, 0.3) is 5.65 Å². The van der Waals surface area contributed by atoms with Gasteiger partial charge in [-0.25, -0.2) is 0 Å². The van der Waals surface area contributed by atoms with Gasteiger partial charge in [-0.3, -0.25) is 9.20 Å². The van der Waals surface area contributed by atoms with Gasteiger partial charge in [-0.15, -0.1) is 0 Å². The lowest BCUT2D eigenvalue weighted by molar-refractivity contribution is 0.452. The van der Waals surface area contributed by atoms with Crippen LogP contribution in [0.1, 0.15) is 0 Å². The number of halogens is 1. The first-order valence-electron chi connectivity index (χ1n) is 3.55. The van der Waals surface area contributed by atoms with Crippen LogP contribution in [-0.4, -0.2) is 14.5 Å². The maximum atomic E-state index is 11.3. The van der Waals surface area contributed by atoms with Crippen molar-refractivity contribution in [2.24, 2.45) is 0 Å². The van der Waals surface area contributed by atoms with Gasteiger partial charge in [-0.1, -0.05) is 0 Å². The van der Waals surface area contributed by atoms with Crippen molar-refractivity contribution in [3.63, 3.8) is 0 Å². The number of hydrogen-bond donors (Lipinski definition) is 1. The average molecular weight is 241 g/mol. The van der Waals surface area contributed by atoms with Gasteiger partial charge in [0.05, 0.1) is 10.5 Å². The lowest BCUT2D eigenvalue weighted by Crippen LogP contribution is -2.12. The second-order valence-corrected chi connectivity index (χ2v) is 3.36. The van der Waals surface area contributed by atoms with Crippen LogP contribution in [0.15, 0.2) is 33.7 Å². The van der Waals surface area contributed by atoms with Gasteiger partial charge < -0.3 is 5.11 Å². The van der Waals surface area contributed by atoms with Crippen molar-refractivity contribution in [1.82, 2.24) is 9.38 Å². The van der Waals surface area contributed by atoms with Crippen molar-refractivity contribution in [2.45, 2.75) is 0 Å². The lowest BCUT2D eigenvalue weighted by Gasteiger charge is -2.00. The Labute approximate surface area is 81.6 Å². The van der Waals surface area contributed by atoms with Crippen molar-refractivity contribution in [3.05, 3.63) is 39.2 Å². The Morgan fingerprint density at radius 2 is 2.31 bits per heavy atom.